The molecule has 5 heteroatoms. The first-order valence-electron chi connectivity index (χ1n) is 2.43. The summed E-state index contributed by atoms with van der Waals surface area (Å²) in [6.45, 7) is 6.25. The van der Waals surface area contributed by atoms with E-state index >= 15 is 0 Å². The molecule has 0 aliphatic carbocycles. The monoisotopic (exact) mass is 401 g/mol. The summed E-state index contributed by atoms with van der Waals surface area (Å²) in [6.07, 6.45) is 0. The van der Waals surface area contributed by atoms with Crippen molar-refractivity contribution in [3.8, 4) is 0 Å². The van der Waals surface area contributed by atoms with Crippen LogP contribution in [0.5, 0.6) is 0 Å². The van der Waals surface area contributed by atoms with Gasteiger partial charge in [-0.2, -0.15) is 0 Å². The van der Waals surface area contributed by atoms with Crippen LogP contribution in [0.1, 0.15) is 20.8 Å². The minimum absolute atomic E-state index is 0.0576. The Hall–Kier alpha value is 1.98. The Balaban J connectivity index is 4.32. The number of nitrogens with zero attached hydrogens (tertiary/aromatic N) is 1. The molecule has 0 aromatic carbocycles. The van der Waals surface area contributed by atoms with Crippen LogP contribution in [-0.4, -0.2) is 5.54 Å². The summed E-state index contributed by atoms with van der Waals surface area (Å²) in [5.74, 6) is 0. The molecule has 0 aromatic heterocycles. The molecule has 0 saturated heterocycles. The van der Waals surface area contributed by atoms with E-state index in [9.17, 15) is 0 Å². The van der Waals surface area contributed by atoms with Crippen molar-refractivity contribution < 1.29 is 10.6 Å². The van der Waals surface area contributed by atoms with Gasteiger partial charge in [0, 0.05) is 0 Å². The number of rotatable bonds is 0. The normalized spacial score (nSPS) is 13.6. The second-order valence-corrected chi connectivity index (χ2v) is 40.3. The zero-order valence-electron chi connectivity index (χ0n) is 5.53. The van der Waals surface area contributed by atoms with Crippen molar-refractivity contribution in [3.05, 3.63) is 0 Å². The van der Waals surface area contributed by atoms with Crippen LogP contribution in [0.2, 0.25) is 0 Å². The van der Waals surface area contributed by atoms with Gasteiger partial charge in [0.1, 0.15) is 0 Å². The Labute approximate surface area is 78.2 Å². The molecule has 0 rings (SSSR count). The van der Waals surface area contributed by atoms with E-state index in [-0.39, 0.29) is 5.54 Å². The van der Waals surface area contributed by atoms with E-state index in [2.05, 4.69) is 63.2 Å². The number of halogens is 3. The SMILES string of the molecule is CC(C)(C)[N]=[Nb]([Br])([Br])[Br]. The first-order valence-corrected chi connectivity index (χ1v) is 18.5. The molecule has 0 unspecified atom stereocenters. The van der Waals surface area contributed by atoms with Gasteiger partial charge in [0.05, 0.1) is 0 Å². The molecule has 56 valence electrons. The van der Waals surface area contributed by atoms with E-state index in [0.717, 1.165) is 0 Å². The zero-order chi connectivity index (χ0) is 7.71. The first-order chi connectivity index (χ1) is 3.71. The summed E-state index contributed by atoms with van der Waals surface area (Å²) < 4.78 is 4.49. The van der Waals surface area contributed by atoms with E-state index in [1.807, 2.05) is 0 Å². The number of hydrogen-bond donors (Lipinski definition) is 0. The van der Waals surface area contributed by atoms with Gasteiger partial charge in [0.2, 0.25) is 0 Å². The molecular weight excluding hydrogens is 395 g/mol. The fraction of sp³-hybridized carbons (Fsp3) is 1.00. The summed E-state index contributed by atoms with van der Waals surface area (Å²) in [7, 11) is -2.29. The Morgan fingerprint density at radius 2 is 1.44 bits per heavy atom. The van der Waals surface area contributed by atoms with Crippen LogP contribution < -0.4 is 0 Å². The topological polar surface area (TPSA) is 12.4 Å². The van der Waals surface area contributed by atoms with E-state index in [4.69, 9.17) is 0 Å². The van der Waals surface area contributed by atoms with Crippen molar-refractivity contribution >= 4 is 39.1 Å². The maximum absolute atomic E-state index is 4.49. The average Bonchev–Trinajstić information content (AvgIpc) is 1.14. The Bertz CT molecular complexity index is 134. The first kappa shape index (κ1) is 11.0. The molecule has 0 saturated carbocycles. The Morgan fingerprint density at radius 1 is 1.11 bits per heavy atom. The minimum atomic E-state index is -2.29. The summed E-state index contributed by atoms with van der Waals surface area (Å²) in [6, 6.07) is 0. The fourth-order valence-electron chi connectivity index (χ4n) is 0.340. The molecule has 1 nitrogen and oxygen atoms in total. The molecule has 0 bridgehead atoms. The Morgan fingerprint density at radius 3 is 1.44 bits per heavy atom. The Kier molecular flexibility index (Phi) is 4.38. The summed E-state index contributed by atoms with van der Waals surface area (Å²) >= 11 is 10.4. The molecule has 0 aliphatic rings. The summed E-state index contributed by atoms with van der Waals surface area (Å²) in [5, 5.41) is 0. The van der Waals surface area contributed by atoms with Crippen LogP contribution >= 0.6 is 39.1 Å². The fourth-order valence-corrected chi connectivity index (χ4v) is 10.5. The molecule has 0 spiro atoms. The van der Waals surface area contributed by atoms with Gasteiger partial charge in [-0.3, -0.25) is 0 Å². The second-order valence-electron chi connectivity index (χ2n) is 2.69. The molecule has 0 N–H and O–H groups in total. The third-order valence-electron chi connectivity index (χ3n) is 0.413. The van der Waals surface area contributed by atoms with E-state index < -0.39 is 10.6 Å². The van der Waals surface area contributed by atoms with Crippen LogP contribution in [0.25, 0.3) is 0 Å². The molecular formula is C4H9Br3NNb. The van der Waals surface area contributed by atoms with Gasteiger partial charge in [0.15, 0.2) is 0 Å². The van der Waals surface area contributed by atoms with Crippen molar-refractivity contribution in [1.82, 2.24) is 0 Å². The molecule has 0 aromatic rings. The average molecular weight is 404 g/mol. The molecule has 9 heavy (non-hydrogen) atoms. The van der Waals surface area contributed by atoms with Gasteiger partial charge in [-0.25, -0.2) is 0 Å². The van der Waals surface area contributed by atoms with Crippen LogP contribution in [0.15, 0.2) is 3.34 Å². The standard InChI is InChI=1S/C4H9N.3BrH.Nb/c1-4(2,3)5;;;;/h1-3H3;3*1H;/q;;;;+3/p-3. The molecule has 0 fully saturated rings. The van der Waals surface area contributed by atoms with Crippen molar-refractivity contribution in [2.45, 2.75) is 26.3 Å². The molecule has 0 aliphatic heterocycles. The van der Waals surface area contributed by atoms with Crippen LogP contribution in [0, 0.1) is 0 Å². The zero-order valence-corrected chi connectivity index (χ0v) is 12.5. The molecule has 0 atom stereocenters. The predicted octanol–water partition coefficient (Wildman–Crippen LogP) is 4.05. The molecule has 0 radical (unpaired) electrons. The van der Waals surface area contributed by atoms with Gasteiger partial charge < -0.3 is 0 Å². The van der Waals surface area contributed by atoms with Gasteiger partial charge in [-0.15, -0.1) is 0 Å². The maximum atomic E-state index is 4.49. The van der Waals surface area contributed by atoms with Crippen molar-refractivity contribution in [1.29, 1.82) is 0 Å². The molecule has 0 heterocycles. The second kappa shape index (κ2) is 3.59. The van der Waals surface area contributed by atoms with Crippen molar-refractivity contribution in [2.24, 2.45) is 3.34 Å². The van der Waals surface area contributed by atoms with E-state index in [1.165, 1.54) is 0 Å². The van der Waals surface area contributed by atoms with Gasteiger partial charge in [-0.05, 0) is 0 Å². The van der Waals surface area contributed by atoms with Crippen LogP contribution in [-0.2, 0) is 10.6 Å². The third-order valence-corrected chi connectivity index (χ3v) is 5.26. The van der Waals surface area contributed by atoms with E-state index in [0.29, 0.717) is 0 Å². The van der Waals surface area contributed by atoms with Gasteiger partial charge in [-0.1, -0.05) is 0 Å². The van der Waals surface area contributed by atoms with Crippen LogP contribution in [0.3, 0.4) is 0 Å². The predicted molar refractivity (Wildman–Crippen MR) is 49.0 cm³/mol. The molecule has 0 amide bonds. The van der Waals surface area contributed by atoms with Crippen molar-refractivity contribution in [3.63, 3.8) is 0 Å². The summed E-state index contributed by atoms with van der Waals surface area (Å²) in [5.41, 5.74) is 0.0576. The van der Waals surface area contributed by atoms with Gasteiger partial charge in [0.25, 0.3) is 0 Å². The van der Waals surface area contributed by atoms with Crippen molar-refractivity contribution in [2.75, 3.05) is 0 Å². The quantitative estimate of drug-likeness (QED) is 0.541. The van der Waals surface area contributed by atoms with E-state index in [1.54, 1.807) is 0 Å². The summed E-state index contributed by atoms with van der Waals surface area (Å²) in [4.78, 5) is 0. The number of hydrogen-bond acceptors (Lipinski definition) is 1. The third kappa shape index (κ3) is 9.98. The van der Waals surface area contributed by atoms with Crippen LogP contribution in [0.4, 0.5) is 0 Å². The van der Waals surface area contributed by atoms with Gasteiger partial charge >= 0.3 is 79.3 Å².